The molecule has 1 aromatic rings. The van der Waals surface area contributed by atoms with Gasteiger partial charge in [-0.15, -0.1) is 11.8 Å². The third-order valence-electron chi connectivity index (χ3n) is 5.27. The lowest BCUT2D eigenvalue weighted by Gasteiger charge is -2.37. The van der Waals surface area contributed by atoms with E-state index in [2.05, 4.69) is 0 Å². The van der Waals surface area contributed by atoms with Crippen LogP contribution in [0.4, 0.5) is 23.2 Å². The fourth-order valence-electron chi connectivity index (χ4n) is 3.80. The average molecular weight is 404 g/mol. The van der Waals surface area contributed by atoms with E-state index in [1.54, 1.807) is 6.92 Å². The first-order valence-electron chi connectivity index (χ1n) is 9.28. The third kappa shape index (κ3) is 5.09. The molecule has 8 heteroatoms. The van der Waals surface area contributed by atoms with Gasteiger partial charge in [-0.3, -0.25) is 4.79 Å². The average Bonchev–Trinajstić information content (AvgIpc) is 3.14. The van der Waals surface area contributed by atoms with Crippen molar-refractivity contribution in [2.24, 2.45) is 5.92 Å². The van der Waals surface area contributed by atoms with Crippen LogP contribution in [0.15, 0.2) is 17.0 Å². The van der Waals surface area contributed by atoms with Gasteiger partial charge in [0.25, 0.3) is 0 Å². The molecule has 2 fully saturated rings. The van der Waals surface area contributed by atoms with E-state index in [0.29, 0.717) is 54.1 Å². The van der Waals surface area contributed by atoms with Gasteiger partial charge < -0.3 is 9.80 Å². The lowest BCUT2D eigenvalue weighted by molar-refractivity contribution is -0.135. The minimum atomic E-state index is -4.27. The fraction of sp³-hybridized carbons (Fsp3) is 0.632. The van der Waals surface area contributed by atoms with Crippen LogP contribution in [-0.2, 0) is 4.79 Å². The maximum atomic E-state index is 14.4. The van der Waals surface area contributed by atoms with Crippen molar-refractivity contribution in [3.8, 4) is 0 Å². The maximum absolute atomic E-state index is 14.4. The number of carbonyl (C=O) groups is 1. The molecular formula is C19H24F4N2OS. The third-order valence-corrected chi connectivity index (χ3v) is 6.49. The van der Waals surface area contributed by atoms with Gasteiger partial charge in [0.15, 0.2) is 0 Å². The summed E-state index contributed by atoms with van der Waals surface area (Å²) in [7, 11) is 0. The molecule has 1 saturated carbocycles. The number of hydrogen-bond donors (Lipinski definition) is 0. The Kier molecular flexibility index (Phi) is 6.23. The molecule has 3 rings (SSSR count). The Hall–Kier alpha value is -1.44. The van der Waals surface area contributed by atoms with Gasteiger partial charge in [0.1, 0.15) is 5.82 Å². The molecule has 1 aromatic carbocycles. The van der Waals surface area contributed by atoms with Crippen molar-refractivity contribution in [2.45, 2.75) is 43.7 Å². The summed E-state index contributed by atoms with van der Waals surface area (Å²) in [5.74, 6) is -1.11. The number of carbonyl (C=O) groups excluding carboxylic acids is 1. The summed E-state index contributed by atoms with van der Waals surface area (Å²) >= 11 is 0.680. The number of amides is 1. The Bertz CT molecular complexity index is 681. The number of anilines is 1. The second-order valence-electron chi connectivity index (χ2n) is 7.27. The Morgan fingerprint density at radius 3 is 2.37 bits per heavy atom. The van der Waals surface area contributed by atoms with E-state index in [4.69, 9.17) is 0 Å². The van der Waals surface area contributed by atoms with Gasteiger partial charge in [0.2, 0.25) is 5.91 Å². The predicted molar refractivity (Wildman–Crippen MR) is 98.7 cm³/mol. The minimum Gasteiger partial charge on any atom is -0.366 e. The van der Waals surface area contributed by atoms with Crippen molar-refractivity contribution >= 4 is 23.4 Å². The summed E-state index contributed by atoms with van der Waals surface area (Å²) < 4.78 is 52.0. The van der Waals surface area contributed by atoms with Crippen molar-refractivity contribution in [3.05, 3.63) is 23.5 Å². The molecule has 1 aliphatic carbocycles. The van der Waals surface area contributed by atoms with Gasteiger partial charge >= 0.3 is 6.18 Å². The van der Waals surface area contributed by atoms with Crippen molar-refractivity contribution in [1.29, 1.82) is 0 Å². The summed E-state index contributed by atoms with van der Waals surface area (Å²) in [6.45, 7) is 3.63. The van der Waals surface area contributed by atoms with Gasteiger partial charge in [-0.05, 0) is 37.5 Å². The van der Waals surface area contributed by atoms with E-state index in [0.717, 1.165) is 25.7 Å². The molecule has 1 heterocycles. The van der Waals surface area contributed by atoms with Crippen molar-refractivity contribution in [1.82, 2.24) is 4.90 Å². The monoisotopic (exact) mass is 404 g/mol. The Morgan fingerprint density at radius 1 is 1.15 bits per heavy atom. The first kappa shape index (κ1) is 20.3. The molecular weight excluding hydrogens is 380 g/mol. The topological polar surface area (TPSA) is 23.6 Å². The van der Waals surface area contributed by atoms with Crippen LogP contribution in [0, 0.1) is 18.7 Å². The molecule has 0 bridgehead atoms. The molecule has 3 nitrogen and oxygen atoms in total. The zero-order valence-corrected chi connectivity index (χ0v) is 16.1. The number of benzene rings is 1. The highest BCUT2D eigenvalue weighted by atomic mass is 32.2. The number of halogens is 4. The first-order valence-corrected chi connectivity index (χ1v) is 10.3. The van der Waals surface area contributed by atoms with E-state index in [1.807, 2.05) is 9.80 Å². The van der Waals surface area contributed by atoms with Crippen molar-refractivity contribution in [2.75, 3.05) is 36.8 Å². The fourth-order valence-corrected chi connectivity index (χ4v) is 4.60. The minimum absolute atomic E-state index is 0.123. The zero-order valence-electron chi connectivity index (χ0n) is 15.3. The number of aryl methyl sites for hydroxylation is 1. The van der Waals surface area contributed by atoms with Gasteiger partial charge in [-0.1, -0.05) is 12.8 Å². The zero-order chi connectivity index (χ0) is 19.6. The quantitative estimate of drug-likeness (QED) is 0.540. The molecule has 0 atom stereocenters. The molecule has 0 spiro atoms. The summed E-state index contributed by atoms with van der Waals surface area (Å²) in [5, 5.41) is 0. The van der Waals surface area contributed by atoms with Crippen LogP contribution in [0.25, 0.3) is 0 Å². The molecule has 0 unspecified atom stereocenters. The van der Waals surface area contributed by atoms with Gasteiger partial charge in [-0.2, -0.15) is 13.2 Å². The highest BCUT2D eigenvalue weighted by Gasteiger charge is 2.31. The number of nitrogens with zero attached hydrogens (tertiary/aromatic N) is 2. The molecule has 2 aliphatic rings. The predicted octanol–water partition coefficient (Wildman–Crippen LogP) is 4.63. The van der Waals surface area contributed by atoms with Crippen LogP contribution in [0.2, 0.25) is 0 Å². The van der Waals surface area contributed by atoms with Crippen molar-refractivity contribution < 1.29 is 22.4 Å². The number of piperazine rings is 1. The lowest BCUT2D eigenvalue weighted by atomic mass is 10.1. The van der Waals surface area contributed by atoms with Gasteiger partial charge in [0, 0.05) is 37.0 Å². The number of hydrogen-bond acceptors (Lipinski definition) is 3. The number of alkyl halides is 3. The largest absolute Gasteiger partial charge is 0.398 e. The highest BCUT2D eigenvalue weighted by molar-refractivity contribution is 7.99. The van der Waals surface area contributed by atoms with Gasteiger partial charge in [0.05, 0.1) is 11.4 Å². The maximum Gasteiger partial charge on any atom is 0.398 e. The van der Waals surface area contributed by atoms with Crippen LogP contribution in [-0.4, -0.2) is 48.9 Å². The van der Waals surface area contributed by atoms with Crippen LogP contribution in [0.3, 0.4) is 0 Å². The SMILES string of the molecule is Cc1cc(F)c(N2CCN(C(=O)C3CCCC3)CC2)cc1SCC(F)(F)F. The lowest BCUT2D eigenvalue weighted by Crippen LogP contribution is -2.50. The van der Waals surface area contributed by atoms with Crippen LogP contribution >= 0.6 is 11.8 Å². The Morgan fingerprint density at radius 2 is 1.78 bits per heavy atom. The molecule has 0 radical (unpaired) electrons. The van der Waals surface area contributed by atoms with E-state index >= 15 is 0 Å². The van der Waals surface area contributed by atoms with Crippen LogP contribution in [0.1, 0.15) is 31.2 Å². The normalized spacial score (nSPS) is 19.0. The summed E-state index contributed by atoms with van der Waals surface area (Å²) in [6.07, 6.45) is -0.165. The molecule has 1 amide bonds. The molecule has 0 N–H and O–H groups in total. The van der Waals surface area contributed by atoms with E-state index in [9.17, 15) is 22.4 Å². The van der Waals surface area contributed by atoms with Gasteiger partial charge in [-0.25, -0.2) is 4.39 Å². The second kappa shape index (κ2) is 8.29. The summed E-state index contributed by atoms with van der Waals surface area (Å²) in [5.41, 5.74) is 0.818. The Labute approximate surface area is 161 Å². The molecule has 27 heavy (non-hydrogen) atoms. The second-order valence-corrected chi connectivity index (χ2v) is 8.28. The Balaban J connectivity index is 1.65. The summed E-state index contributed by atoms with van der Waals surface area (Å²) in [6, 6.07) is 2.81. The highest BCUT2D eigenvalue weighted by Crippen LogP contribution is 2.34. The summed E-state index contributed by atoms with van der Waals surface area (Å²) in [4.78, 5) is 16.6. The molecule has 150 valence electrons. The molecule has 1 saturated heterocycles. The molecule has 0 aromatic heterocycles. The standard InChI is InChI=1S/C19H24F4N2OS/c1-13-10-15(20)16(11-17(13)27-12-19(21,22)23)24-6-8-25(9-7-24)18(26)14-4-2-3-5-14/h10-11,14H,2-9,12H2,1H3. The van der Waals surface area contributed by atoms with E-state index in [-0.39, 0.29) is 11.8 Å². The van der Waals surface area contributed by atoms with Crippen LogP contribution in [0.5, 0.6) is 0 Å². The molecule has 1 aliphatic heterocycles. The first-order chi connectivity index (χ1) is 12.7. The van der Waals surface area contributed by atoms with Crippen molar-refractivity contribution in [3.63, 3.8) is 0 Å². The smallest absolute Gasteiger partial charge is 0.366 e. The van der Waals surface area contributed by atoms with E-state index < -0.39 is 17.7 Å². The number of thioether (sulfide) groups is 1. The van der Waals surface area contributed by atoms with Crippen LogP contribution < -0.4 is 4.90 Å². The van der Waals surface area contributed by atoms with E-state index in [1.165, 1.54) is 12.1 Å². The number of rotatable bonds is 4.